The number of aryl methyl sites for hydroxylation is 2. The Bertz CT molecular complexity index is 399. The van der Waals surface area contributed by atoms with Crippen molar-refractivity contribution in [2.24, 2.45) is 17.7 Å². The zero-order valence-corrected chi connectivity index (χ0v) is 13.3. The average Bonchev–Trinajstić information content (AvgIpc) is 2.41. The second kappa shape index (κ2) is 7.24. The summed E-state index contributed by atoms with van der Waals surface area (Å²) in [6.07, 6.45) is 8.10. The smallest absolute Gasteiger partial charge is 0.0488 e. The van der Waals surface area contributed by atoms with Crippen molar-refractivity contribution >= 4 is 0 Å². The van der Waals surface area contributed by atoms with Gasteiger partial charge in [-0.1, -0.05) is 61.9 Å². The van der Waals surface area contributed by atoms with Crippen molar-refractivity contribution < 1.29 is 0 Å². The normalized spacial score (nSPS) is 24.6. The third-order valence-electron chi connectivity index (χ3n) is 4.84. The third kappa shape index (κ3) is 3.83. The van der Waals surface area contributed by atoms with Gasteiger partial charge in [-0.15, -0.1) is 0 Å². The van der Waals surface area contributed by atoms with E-state index in [1.807, 2.05) is 0 Å². The molecule has 1 atom stereocenters. The van der Waals surface area contributed by atoms with Crippen LogP contribution in [-0.4, -0.2) is 0 Å². The van der Waals surface area contributed by atoms with Gasteiger partial charge in [-0.2, -0.15) is 0 Å². The Balaban J connectivity index is 2.05. The van der Waals surface area contributed by atoms with E-state index in [9.17, 15) is 0 Å². The van der Waals surface area contributed by atoms with E-state index in [0.29, 0.717) is 12.0 Å². The maximum atomic E-state index is 5.88. The summed E-state index contributed by atoms with van der Waals surface area (Å²) in [7, 11) is 0. The van der Waals surface area contributed by atoms with Crippen molar-refractivity contribution in [3.63, 3.8) is 0 Å². The third-order valence-corrected chi connectivity index (χ3v) is 4.84. The quantitative estimate of drug-likeness (QED) is 0.616. The molecule has 0 aromatic heterocycles. The molecule has 0 radical (unpaired) electrons. The van der Waals surface area contributed by atoms with Crippen LogP contribution in [0.1, 0.15) is 68.2 Å². The molecule has 1 aromatic rings. The predicted molar refractivity (Wildman–Crippen MR) is 86.3 cm³/mol. The summed E-state index contributed by atoms with van der Waals surface area (Å²) in [4.78, 5) is 0. The molecule has 0 aliphatic heterocycles. The minimum Gasteiger partial charge on any atom is -0.271 e. The number of hydrazine groups is 1. The molecule has 1 aliphatic carbocycles. The van der Waals surface area contributed by atoms with E-state index in [2.05, 4.69) is 44.4 Å². The van der Waals surface area contributed by atoms with Crippen molar-refractivity contribution in [1.82, 2.24) is 5.43 Å². The number of hydrogen-bond acceptors (Lipinski definition) is 2. The number of benzene rings is 1. The molecule has 3 N–H and O–H groups in total. The summed E-state index contributed by atoms with van der Waals surface area (Å²) in [5, 5.41) is 0. The largest absolute Gasteiger partial charge is 0.271 e. The molecule has 2 nitrogen and oxygen atoms in total. The molecule has 2 heteroatoms. The fourth-order valence-corrected chi connectivity index (χ4v) is 3.91. The summed E-state index contributed by atoms with van der Waals surface area (Å²) in [5.41, 5.74) is 7.12. The van der Waals surface area contributed by atoms with E-state index in [4.69, 9.17) is 5.84 Å². The van der Waals surface area contributed by atoms with Crippen LogP contribution in [0.3, 0.4) is 0 Å². The Morgan fingerprint density at radius 3 is 2.20 bits per heavy atom. The summed E-state index contributed by atoms with van der Waals surface area (Å²) in [6.45, 7) is 6.64. The molecule has 0 spiro atoms. The van der Waals surface area contributed by atoms with E-state index in [-0.39, 0.29) is 0 Å². The van der Waals surface area contributed by atoms with Crippen molar-refractivity contribution in [3.8, 4) is 0 Å². The van der Waals surface area contributed by atoms with Gasteiger partial charge in [0.1, 0.15) is 0 Å². The minimum absolute atomic E-state index is 0.316. The summed E-state index contributed by atoms with van der Waals surface area (Å²) < 4.78 is 0. The minimum atomic E-state index is 0.316. The molecule has 0 amide bonds. The fraction of sp³-hybridized carbons (Fsp3) is 0.667. The maximum absolute atomic E-state index is 5.88. The number of nitrogens with two attached hydrogens (primary N) is 1. The van der Waals surface area contributed by atoms with Gasteiger partial charge in [0.15, 0.2) is 0 Å². The van der Waals surface area contributed by atoms with E-state index in [0.717, 1.165) is 5.92 Å². The molecule has 1 saturated carbocycles. The first kappa shape index (κ1) is 15.5. The first-order valence-corrected chi connectivity index (χ1v) is 8.18. The van der Waals surface area contributed by atoms with Gasteiger partial charge >= 0.3 is 0 Å². The van der Waals surface area contributed by atoms with Gasteiger partial charge in [-0.05, 0) is 44.1 Å². The number of nitrogens with one attached hydrogen (secondary N) is 1. The Hall–Kier alpha value is -0.860. The molecule has 0 heterocycles. The summed E-state index contributed by atoms with van der Waals surface area (Å²) >= 11 is 0. The first-order valence-electron chi connectivity index (χ1n) is 8.18. The molecule has 0 bridgehead atoms. The van der Waals surface area contributed by atoms with Gasteiger partial charge < -0.3 is 0 Å². The topological polar surface area (TPSA) is 38.0 Å². The zero-order valence-electron chi connectivity index (χ0n) is 13.3. The van der Waals surface area contributed by atoms with Gasteiger partial charge in [0.05, 0.1) is 0 Å². The molecule has 20 heavy (non-hydrogen) atoms. The van der Waals surface area contributed by atoms with Gasteiger partial charge in [-0.3, -0.25) is 11.3 Å². The average molecular weight is 274 g/mol. The Morgan fingerprint density at radius 1 is 1.10 bits per heavy atom. The van der Waals surface area contributed by atoms with Crippen LogP contribution < -0.4 is 11.3 Å². The molecular weight excluding hydrogens is 244 g/mol. The highest BCUT2D eigenvalue weighted by molar-refractivity contribution is 5.31. The van der Waals surface area contributed by atoms with E-state index >= 15 is 0 Å². The van der Waals surface area contributed by atoms with Crippen LogP contribution in [0.4, 0.5) is 0 Å². The predicted octanol–water partition coefficient (Wildman–Crippen LogP) is 4.41. The second-order valence-electron chi connectivity index (χ2n) is 6.63. The molecule has 1 aromatic carbocycles. The van der Waals surface area contributed by atoms with Crippen LogP contribution in [0.15, 0.2) is 18.2 Å². The van der Waals surface area contributed by atoms with E-state index < -0.39 is 0 Å². The van der Waals surface area contributed by atoms with Crippen LogP contribution in [0, 0.1) is 25.7 Å². The lowest BCUT2D eigenvalue weighted by atomic mass is 9.75. The molecule has 1 fully saturated rings. The highest BCUT2D eigenvalue weighted by Crippen LogP contribution is 2.38. The number of rotatable bonds is 5. The lowest BCUT2D eigenvalue weighted by Gasteiger charge is -2.34. The second-order valence-corrected chi connectivity index (χ2v) is 6.63. The molecular formula is C18H30N2. The van der Waals surface area contributed by atoms with Crippen molar-refractivity contribution in [3.05, 3.63) is 34.9 Å². The standard InChI is InChI=1S/C18H30N2/c1-4-5-15-6-8-16(9-7-15)18(20-19)17-11-13(2)10-14(3)12-17/h10-12,15-16,18,20H,4-9,19H2,1-3H3. The first-order chi connectivity index (χ1) is 9.63. The fourth-order valence-electron chi connectivity index (χ4n) is 3.91. The van der Waals surface area contributed by atoms with Gasteiger partial charge in [0.2, 0.25) is 0 Å². The maximum Gasteiger partial charge on any atom is 0.0488 e. The van der Waals surface area contributed by atoms with E-state index in [1.165, 1.54) is 55.2 Å². The van der Waals surface area contributed by atoms with Gasteiger partial charge in [-0.25, -0.2) is 0 Å². The zero-order chi connectivity index (χ0) is 14.5. The highest BCUT2D eigenvalue weighted by atomic mass is 15.2. The van der Waals surface area contributed by atoms with Crippen molar-refractivity contribution in [2.75, 3.05) is 0 Å². The summed E-state index contributed by atoms with van der Waals surface area (Å²) in [5.74, 6) is 7.52. The van der Waals surface area contributed by atoms with Crippen molar-refractivity contribution in [1.29, 1.82) is 0 Å². The van der Waals surface area contributed by atoms with Gasteiger partial charge in [0.25, 0.3) is 0 Å². The van der Waals surface area contributed by atoms with Crippen LogP contribution in [0.2, 0.25) is 0 Å². The molecule has 112 valence electrons. The molecule has 1 aliphatic rings. The monoisotopic (exact) mass is 274 g/mol. The van der Waals surface area contributed by atoms with Crippen LogP contribution in [0.25, 0.3) is 0 Å². The highest BCUT2D eigenvalue weighted by Gasteiger charge is 2.27. The SMILES string of the molecule is CCCC1CCC(C(NN)c2cc(C)cc(C)c2)CC1. The molecule has 0 saturated heterocycles. The Labute approximate surface area is 124 Å². The Morgan fingerprint density at radius 2 is 1.70 bits per heavy atom. The Kier molecular flexibility index (Phi) is 5.62. The van der Waals surface area contributed by atoms with Crippen LogP contribution >= 0.6 is 0 Å². The lowest BCUT2D eigenvalue weighted by Crippen LogP contribution is -2.35. The molecule has 1 unspecified atom stereocenters. The lowest BCUT2D eigenvalue weighted by molar-refractivity contribution is 0.215. The molecule has 2 rings (SSSR count). The number of hydrogen-bond donors (Lipinski definition) is 2. The van der Waals surface area contributed by atoms with Crippen LogP contribution in [-0.2, 0) is 0 Å². The van der Waals surface area contributed by atoms with Crippen LogP contribution in [0.5, 0.6) is 0 Å². The van der Waals surface area contributed by atoms with Crippen molar-refractivity contribution in [2.45, 2.75) is 65.3 Å². The van der Waals surface area contributed by atoms with E-state index in [1.54, 1.807) is 0 Å². The van der Waals surface area contributed by atoms with Gasteiger partial charge in [0, 0.05) is 6.04 Å². The summed E-state index contributed by atoms with van der Waals surface area (Å²) in [6, 6.07) is 7.12.